The van der Waals surface area contributed by atoms with Crippen LogP contribution in [0.15, 0.2) is 0 Å². The maximum atomic E-state index is 11.6. The molecule has 0 aromatic carbocycles. The molecule has 2 N–H and O–H groups in total. The highest BCUT2D eigenvalue weighted by Crippen LogP contribution is 2.24. The van der Waals surface area contributed by atoms with Gasteiger partial charge in [0.05, 0.1) is 5.69 Å². The van der Waals surface area contributed by atoms with E-state index in [0.29, 0.717) is 10.8 Å². The number of hydrogen-bond acceptors (Lipinski definition) is 4. The fourth-order valence-corrected chi connectivity index (χ4v) is 1.73. The lowest BCUT2D eigenvalue weighted by atomic mass is 9.96. The Morgan fingerprint density at radius 3 is 2.31 bits per heavy atom. The van der Waals surface area contributed by atoms with E-state index in [0.717, 1.165) is 11.3 Å². The molecule has 0 atom stereocenters. The van der Waals surface area contributed by atoms with Crippen molar-refractivity contribution in [2.24, 2.45) is 5.41 Å². The van der Waals surface area contributed by atoms with E-state index in [1.807, 2.05) is 0 Å². The van der Waals surface area contributed by atoms with Crippen LogP contribution in [-0.4, -0.2) is 22.0 Å². The average molecular weight is 242 g/mol. The van der Waals surface area contributed by atoms with Gasteiger partial charge in [-0.25, -0.2) is 9.78 Å². The number of hydrogen-bond donors (Lipinski definition) is 2. The molecule has 0 aliphatic carbocycles. The maximum absolute atomic E-state index is 11.6. The van der Waals surface area contributed by atoms with Gasteiger partial charge in [0.15, 0.2) is 5.13 Å². The first-order valence-corrected chi connectivity index (χ1v) is 5.55. The van der Waals surface area contributed by atoms with Crippen LogP contribution in [-0.2, 0) is 4.79 Å². The van der Waals surface area contributed by atoms with Gasteiger partial charge in [-0.15, -0.1) is 0 Å². The van der Waals surface area contributed by atoms with Crippen molar-refractivity contribution in [2.45, 2.75) is 27.7 Å². The Morgan fingerprint density at radius 1 is 1.38 bits per heavy atom. The number of aryl methyl sites for hydroxylation is 1. The highest BCUT2D eigenvalue weighted by molar-refractivity contribution is 7.17. The zero-order valence-electron chi connectivity index (χ0n) is 9.62. The number of carbonyl (C=O) groups excluding carboxylic acids is 1. The number of thiazole rings is 1. The number of aromatic nitrogens is 1. The van der Waals surface area contributed by atoms with Crippen LogP contribution in [0, 0.1) is 12.3 Å². The summed E-state index contributed by atoms with van der Waals surface area (Å²) < 4.78 is 0. The fraction of sp³-hybridized carbons (Fsp3) is 0.500. The van der Waals surface area contributed by atoms with Crippen LogP contribution < -0.4 is 5.32 Å². The van der Waals surface area contributed by atoms with E-state index >= 15 is 0 Å². The van der Waals surface area contributed by atoms with Gasteiger partial charge in [-0.05, 0) is 6.92 Å². The first-order valence-electron chi connectivity index (χ1n) is 4.74. The van der Waals surface area contributed by atoms with Gasteiger partial charge < -0.3 is 10.4 Å². The van der Waals surface area contributed by atoms with E-state index in [9.17, 15) is 9.59 Å². The van der Waals surface area contributed by atoms with Gasteiger partial charge >= 0.3 is 5.97 Å². The van der Waals surface area contributed by atoms with Gasteiger partial charge in [0.1, 0.15) is 4.88 Å². The normalized spacial score (nSPS) is 11.2. The molecule has 0 aliphatic heterocycles. The highest BCUT2D eigenvalue weighted by atomic mass is 32.1. The molecule has 1 aromatic rings. The molecule has 0 bridgehead atoms. The summed E-state index contributed by atoms with van der Waals surface area (Å²) in [7, 11) is 0. The second-order valence-corrected chi connectivity index (χ2v) is 5.44. The topological polar surface area (TPSA) is 79.3 Å². The van der Waals surface area contributed by atoms with Crippen LogP contribution in [0.3, 0.4) is 0 Å². The molecular formula is C10H14N2O3S. The number of rotatable bonds is 2. The second kappa shape index (κ2) is 4.21. The SMILES string of the molecule is Cc1nc(NC(=O)C(C)(C)C)sc1C(=O)O. The van der Waals surface area contributed by atoms with Gasteiger partial charge in [0.2, 0.25) is 5.91 Å². The van der Waals surface area contributed by atoms with E-state index in [1.54, 1.807) is 27.7 Å². The van der Waals surface area contributed by atoms with Crippen molar-refractivity contribution in [1.29, 1.82) is 0 Å². The summed E-state index contributed by atoms with van der Waals surface area (Å²) in [6, 6.07) is 0. The maximum Gasteiger partial charge on any atom is 0.347 e. The summed E-state index contributed by atoms with van der Waals surface area (Å²) in [4.78, 5) is 26.6. The largest absolute Gasteiger partial charge is 0.477 e. The molecule has 0 unspecified atom stereocenters. The Labute approximate surface area is 97.5 Å². The third-order valence-corrected chi connectivity index (χ3v) is 2.95. The molecule has 0 spiro atoms. The van der Waals surface area contributed by atoms with Crippen molar-refractivity contribution in [3.63, 3.8) is 0 Å². The summed E-state index contributed by atoms with van der Waals surface area (Å²) in [5.41, 5.74) is -0.107. The van der Waals surface area contributed by atoms with E-state index < -0.39 is 11.4 Å². The average Bonchev–Trinajstić information content (AvgIpc) is 2.45. The molecule has 1 amide bonds. The van der Waals surface area contributed by atoms with E-state index in [4.69, 9.17) is 5.11 Å². The number of aromatic carboxylic acids is 1. The molecular weight excluding hydrogens is 228 g/mol. The van der Waals surface area contributed by atoms with Crippen molar-refractivity contribution in [1.82, 2.24) is 4.98 Å². The van der Waals surface area contributed by atoms with E-state index in [2.05, 4.69) is 10.3 Å². The first-order chi connectivity index (χ1) is 7.21. The van der Waals surface area contributed by atoms with Crippen molar-refractivity contribution in [3.8, 4) is 0 Å². The standard InChI is InChI=1S/C10H14N2O3S/c1-5-6(7(13)14)16-9(11-5)12-8(15)10(2,3)4/h1-4H3,(H,13,14)(H,11,12,15). The minimum absolute atomic E-state index is 0.157. The number of carboxylic acid groups (broad SMARTS) is 1. The van der Waals surface area contributed by atoms with Gasteiger partial charge in [0, 0.05) is 5.41 Å². The minimum Gasteiger partial charge on any atom is -0.477 e. The molecule has 6 heteroatoms. The summed E-state index contributed by atoms with van der Waals surface area (Å²) >= 11 is 0.969. The van der Waals surface area contributed by atoms with Crippen LogP contribution in [0.25, 0.3) is 0 Å². The third-order valence-electron chi connectivity index (χ3n) is 1.89. The van der Waals surface area contributed by atoms with E-state index in [-0.39, 0.29) is 10.8 Å². The molecule has 1 aromatic heterocycles. The molecule has 88 valence electrons. The molecule has 16 heavy (non-hydrogen) atoms. The third kappa shape index (κ3) is 2.79. The molecule has 0 fully saturated rings. The zero-order chi connectivity index (χ0) is 12.5. The number of carboxylic acids is 1. The van der Waals surface area contributed by atoms with Crippen molar-refractivity contribution < 1.29 is 14.7 Å². The number of anilines is 1. The molecule has 0 saturated heterocycles. The Morgan fingerprint density at radius 2 is 1.94 bits per heavy atom. The molecule has 5 nitrogen and oxygen atoms in total. The second-order valence-electron chi connectivity index (χ2n) is 4.44. The monoisotopic (exact) mass is 242 g/mol. The van der Waals surface area contributed by atoms with Crippen LogP contribution in [0.2, 0.25) is 0 Å². The van der Waals surface area contributed by atoms with Crippen LogP contribution >= 0.6 is 11.3 Å². The molecule has 1 heterocycles. The van der Waals surface area contributed by atoms with Crippen molar-refractivity contribution in [3.05, 3.63) is 10.6 Å². The van der Waals surface area contributed by atoms with Gasteiger partial charge in [-0.3, -0.25) is 4.79 Å². The molecule has 1 rings (SSSR count). The van der Waals surface area contributed by atoms with Crippen molar-refractivity contribution in [2.75, 3.05) is 5.32 Å². The lowest BCUT2D eigenvalue weighted by Gasteiger charge is -2.15. The summed E-state index contributed by atoms with van der Waals surface area (Å²) in [5.74, 6) is -1.20. The Bertz CT molecular complexity index is 432. The Hall–Kier alpha value is -1.43. The Balaban J connectivity index is 2.88. The quantitative estimate of drug-likeness (QED) is 0.832. The van der Waals surface area contributed by atoms with Gasteiger partial charge in [-0.1, -0.05) is 32.1 Å². The van der Waals surface area contributed by atoms with E-state index in [1.165, 1.54) is 0 Å². The van der Waals surface area contributed by atoms with Crippen LogP contribution in [0.5, 0.6) is 0 Å². The predicted molar refractivity (Wildman–Crippen MR) is 61.9 cm³/mol. The van der Waals surface area contributed by atoms with Crippen LogP contribution in [0.4, 0.5) is 5.13 Å². The number of amides is 1. The molecule has 0 saturated carbocycles. The molecule has 0 aliphatic rings. The van der Waals surface area contributed by atoms with Crippen LogP contribution in [0.1, 0.15) is 36.1 Å². The molecule has 0 radical (unpaired) electrons. The first kappa shape index (κ1) is 12.6. The smallest absolute Gasteiger partial charge is 0.347 e. The lowest BCUT2D eigenvalue weighted by Crippen LogP contribution is -2.27. The Kier molecular flexibility index (Phi) is 3.32. The number of nitrogens with zero attached hydrogens (tertiary/aromatic N) is 1. The lowest BCUT2D eigenvalue weighted by molar-refractivity contribution is -0.123. The predicted octanol–water partition coefficient (Wildman–Crippen LogP) is 2.13. The van der Waals surface area contributed by atoms with Gasteiger partial charge in [-0.2, -0.15) is 0 Å². The van der Waals surface area contributed by atoms with Crippen molar-refractivity contribution >= 4 is 28.3 Å². The zero-order valence-corrected chi connectivity index (χ0v) is 10.4. The minimum atomic E-state index is -1.02. The summed E-state index contributed by atoms with van der Waals surface area (Å²) in [6.45, 7) is 6.94. The fourth-order valence-electron chi connectivity index (χ4n) is 0.933. The summed E-state index contributed by atoms with van der Waals surface area (Å²) in [6.07, 6.45) is 0. The number of carbonyl (C=O) groups is 2. The highest BCUT2D eigenvalue weighted by Gasteiger charge is 2.23. The summed E-state index contributed by atoms with van der Waals surface area (Å²) in [5, 5.41) is 11.8. The number of nitrogens with one attached hydrogen (secondary N) is 1. The van der Waals surface area contributed by atoms with Gasteiger partial charge in [0.25, 0.3) is 0 Å².